The van der Waals surface area contributed by atoms with Gasteiger partial charge in [0.05, 0.1) is 5.92 Å². The second-order valence-electron chi connectivity index (χ2n) is 3.66. The van der Waals surface area contributed by atoms with Crippen molar-refractivity contribution in [3.63, 3.8) is 0 Å². The fourth-order valence-corrected chi connectivity index (χ4v) is 1.85. The zero-order chi connectivity index (χ0) is 10.8. The number of aromatic hydroxyl groups is 1. The Morgan fingerprint density at radius 3 is 2.73 bits per heavy atom. The average Bonchev–Trinajstić information content (AvgIpc) is 2.20. The van der Waals surface area contributed by atoms with Crippen LogP contribution in [-0.2, 0) is 4.79 Å². The van der Waals surface area contributed by atoms with Crippen molar-refractivity contribution >= 4 is 5.78 Å². The third kappa shape index (κ3) is 1.71. The minimum absolute atomic E-state index is 0.00671. The molecular formula is C13H12O2. The highest BCUT2D eigenvalue weighted by Gasteiger charge is 2.25. The van der Waals surface area contributed by atoms with E-state index in [9.17, 15) is 9.90 Å². The van der Waals surface area contributed by atoms with Crippen LogP contribution in [0.25, 0.3) is 0 Å². The van der Waals surface area contributed by atoms with Gasteiger partial charge in [0.25, 0.3) is 0 Å². The van der Waals surface area contributed by atoms with Gasteiger partial charge in [-0.05, 0) is 18.6 Å². The predicted molar refractivity (Wildman–Crippen MR) is 58.8 cm³/mol. The van der Waals surface area contributed by atoms with Crippen molar-refractivity contribution in [2.45, 2.75) is 12.3 Å². The lowest BCUT2D eigenvalue weighted by Crippen LogP contribution is -2.15. The van der Waals surface area contributed by atoms with Gasteiger partial charge in [-0.15, -0.1) is 0 Å². The van der Waals surface area contributed by atoms with E-state index in [1.807, 2.05) is 6.07 Å². The number of carbonyl (C=O) groups is 1. The van der Waals surface area contributed by atoms with Gasteiger partial charge in [0, 0.05) is 5.56 Å². The second-order valence-corrected chi connectivity index (χ2v) is 3.66. The molecule has 0 aromatic heterocycles. The maximum atomic E-state index is 11.7. The summed E-state index contributed by atoms with van der Waals surface area (Å²) in [5.74, 6) is -0.226. The molecular weight excluding hydrogens is 188 g/mol. The molecule has 1 aliphatic carbocycles. The summed E-state index contributed by atoms with van der Waals surface area (Å²) < 4.78 is 0. The molecule has 0 saturated carbocycles. The number of phenolic OH excluding ortho intramolecular Hbond substituents is 1. The maximum absolute atomic E-state index is 11.7. The minimum atomic E-state index is -0.379. The summed E-state index contributed by atoms with van der Waals surface area (Å²) in [5, 5.41) is 9.68. The van der Waals surface area contributed by atoms with E-state index >= 15 is 0 Å². The van der Waals surface area contributed by atoms with E-state index < -0.39 is 0 Å². The molecule has 1 unspecified atom stereocenters. The summed E-state index contributed by atoms with van der Waals surface area (Å²) in [5.41, 5.74) is 1.49. The van der Waals surface area contributed by atoms with Gasteiger partial charge in [-0.3, -0.25) is 4.79 Å². The fourth-order valence-electron chi connectivity index (χ4n) is 1.85. The molecule has 2 heteroatoms. The van der Waals surface area contributed by atoms with Crippen LogP contribution in [0, 0.1) is 0 Å². The van der Waals surface area contributed by atoms with Crippen molar-refractivity contribution in [1.29, 1.82) is 0 Å². The topological polar surface area (TPSA) is 37.3 Å². The molecule has 0 amide bonds. The lowest BCUT2D eigenvalue weighted by molar-refractivity contribution is -0.115. The van der Waals surface area contributed by atoms with E-state index in [0.717, 1.165) is 5.57 Å². The summed E-state index contributed by atoms with van der Waals surface area (Å²) in [7, 11) is 0. The molecule has 0 fully saturated rings. The molecule has 0 aliphatic heterocycles. The number of benzene rings is 1. The van der Waals surface area contributed by atoms with Crippen LogP contribution in [0.2, 0.25) is 0 Å². The van der Waals surface area contributed by atoms with Gasteiger partial charge in [-0.25, -0.2) is 0 Å². The van der Waals surface area contributed by atoms with E-state index in [1.165, 1.54) is 0 Å². The summed E-state index contributed by atoms with van der Waals surface area (Å²) in [6.07, 6.45) is 4.07. The summed E-state index contributed by atoms with van der Waals surface area (Å²) in [6.45, 7) is 3.88. The SMILES string of the molecule is C=C1CC=CC(=O)C1c1ccccc1O. The van der Waals surface area contributed by atoms with Crippen LogP contribution >= 0.6 is 0 Å². The first-order chi connectivity index (χ1) is 7.20. The lowest BCUT2D eigenvalue weighted by Gasteiger charge is -2.20. The molecule has 15 heavy (non-hydrogen) atoms. The number of para-hydroxylation sites is 1. The van der Waals surface area contributed by atoms with Gasteiger partial charge in [0.15, 0.2) is 5.78 Å². The van der Waals surface area contributed by atoms with Gasteiger partial charge in [-0.1, -0.05) is 36.4 Å². The minimum Gasteiger partial charge on any atom is -0.508 e. The Labute approximate surface area is 88.6 Å². The highest BCUT2D eigenvalue weighted by molar-refractivity contribution is 5.99. The quantitative estimate of drug-likeness (QED) is 0.707. The van der Waals surface area contributed by atoms with Crippen molar-refractivity contribution in [3.05, 3.63) is 54.1 Å². The van der Waals surface area contributed by atoms with Crippen LogP contribution in [-0.4, -0.2) is 10.9 Å². The van der Waals surface area contributed by atoms with E-state index in [1.54, 1.807) is 30.4 Å². The predicted octanol–water partition coefficient (Wildman–Crippen LogP) is 2.56. The van der Waals surface area contributed by atoms with Crippen LogP contribution in [0.3, 0.4) is 0 Å². The van der Waals surface area contributed by atoms with E-state index in [4.69, 9.17) is 0 Å². The molecule has 0 saturated heterocycles. The largest absolute Gasteiger partial charge is 0.508 e. The normalized spacial score (nSPS) is 20.7. The monoisotopic (exact) mass is 200 g/mol. The molecule has 1 N–H and O–H groups in total. The van der Waals surface area contributed by atoms with E-state index in [2.05, 4.69) is 6.58 Å². The molecule has 2 rings (SSSR count). The Hall–Kier alpha value is -1.83. The summed E-state index contributed by atoms with van der Waals surface area (Å²) >= 11 is 0. The highest BCUT2D eigenvalue weighted by Crippen LogP contribution is 2.35. The molecule has 0 heterocycles. The van der Waals surface area contributed by atoms with Crippen molar-refractivity contribution in [2.75, 3.05) is 0 Å². The van der Waals surface area contributed by atoms with Crippen LogP contribution in [0.5, 0.6) is 5.75 Å². The average molecular weight is 200 g/mol. The number of phenols is 1. The Morgan fingerprint density at radius 2 is 2.07 bits per heavy atom. The second kappa shape index (κ2) is 3.73. The Morgan fingerprint density at radius 1 is 1.33 bits per heavy atom. The van der Waals surface area contributed by atoms with Gasteiger partial charge >= 0.3 is 0 Å². The number of ketones is 1. The molecule has 0 spiro atoms. The third-order valence-corrected chi connectivity index (χ3v) is 2.60. The van der Waals surface area contributed by atoms with Crippen LogP contribution < -0.4 is 0 Å². The molecule has 1 aromatic rings. The molecule has 1 atom stereocenters. The van der Waals surface area contributed by atoms with E-state index in [-0.39, 0.29) is 17.5 Å². The van der Waals surface area contributed by atoms with Crippen molar-refractivity contribution < 1.29 is 9.90 Å². The van der Waals surface area contributed by atoms with Gasteiger partial charge < -0.3 is 5.11 Å². The third-order valence-electron chi connectivity index (χ3n) is 2.60. The molecule has 2 nitrogen and oxygen atoms in total. The van der Waals surface area contributed by atoms with Crippen LogP contribution in [0.1, 0.15) is 17.9 Å². The Balaban J connectivity index is 2.46. The van der Waals surface area contributed by atoms with E-state index in [0.29, 0.717) is 12.0 Å². The highest BCUT2D eigenvalue weighted by atomic mass is 16.3. The Kier molecular flexibility index (Phi) is 2.42. The molecule has 1 aromatic carbocycles. The van der Waals surface area contributed by atoms with Gasteiger partial charge in [0.1, 0.15) is 5.75 Å². The molecule has 1 aliphatic rings. The summed E-state index contributed by atoms with van der Waals surface area (Å²) in [6, 6.07) is 6.91. The zero-order valence-corrected chi connectivity index (χ0v) is 8.31. The summed E-state index contributed by atoms with van der Waals surface area (Å²) in [4.78, 5) is 11.7. The first kappa shape index (κ1) is 9.71. The lowest BCUT2D eigenvalue weighted by atomic mass is 9.83. The van der Waals surface area contributed by atoms with Crippen LogP contribution in [0.4, 0.5) is 0 Å². The maximum Gasteiger partial charge on any atom is 0.167 e. The number of hydrogen-bond acceptors (Lipinski definition) is 2. The first-order valence-electron chi connectivity index (χ1n) is 4.86. The molecule has 0 bridgehead atoms. The van der Waals surface area contributed by atoms with Crippen molar-refractivity contribution in [1.82, 2.24) is 0 Å². The Bertz CT molecular complexity index is 444. The standard InChI is InChI=1S/C13H12O2/c1-9-5-4-8-12(15)13(9)10-6-2-3-7-11(10)14/h2-4,6-8,13-14H,1,5H2. The van der Waals surface area contributed by atoms with Crippen molar-refractivity contribution in [2.24, 2.45) is 0 Å². The number of hydrogen-bond donors (Lipinski definition) is 1. The molecule has 76 valence electrons. The van der Waals surface area contributed by atoms with Crippen LogP contribution in [0.15, 0.2) is 48.6 Å². The van der Waals surface area contributed by atoms with Gasteiger partial charge in [-0.2, -0.15) is 0 Å². The number of carbonyl (C=O) groups excluding carboxylic acids is 1. The smallest absolute Gasteiger partial charge is 0.167 e. The molecule has 0 radical (unpaired) electrons. The zero-order valence-electron chi connectivity index (χ0n) is 8.31. The number of rotatable bonds is 1. The van der Waals surface area contributed by atoms with Gasteiger partial charge in [0.2, 0.25) is 0 Å². The first-order valence-corrected chi connectivity index (χ1v) is 4.86. The number of allylic oxidation sites excluding steroid dienone is 3. The fraction of sp³-hybridized carbons (Fsp3) is 0.154. The van der Waals surface area contributed by atoms with Crippen molar-refractivity contribution in [3.8, 4) is 5.75 Å².